The SMILES string of the molecule is CCC(CC)C1CCN(C(=NC)NCCCS(=O)(=O)Cc2ccccc2)C1.I. The Kier molecular flexibility index (Phi) is 11.4. The number of nitrogens with zero attached hydrogens (tertiary/aromatic N) is 2. The second-order valence-electron chi connectivity index (χ2n) is 7.48. The van der Waals surface area contributed by atoms with E-state index in [-0.39, 0.29) is 35.5 Å². The van der Waals surface area contributed by atoms with E-state index in [2.05, 4.69) is 29.1 Å². The van der Waals surface area contributed by atoms with Gasteiger partial charge in [-0.05, 0) is 30.2 Å². The summed E-state index contributed by atoms with van der Waals surface area (Å²) < 4.78 is 24.6. The van der Waals surface area contributed by atoms with E-state index in [1.54, 1.807) is 7.05 Å². The van der Waals surface area contributed by atoms with Crippen LogP contribution in [0.5, 0.6) is 0 Å². The van der Waals surface area contributed by atoms with Crippen molar-refractivity contribution < 1.29 is 8.42 Å². The highest BCUT2D eigenvalue weighted by molar-refractivity contribution is 14.0. The standard InChI is InChI=1S/C21H35N3O2S.HI/c1-4-19(5-2)20-12-14-24(16-20)21(22-3)23-13-9-15-27(25,26)17-18-10-7-6-8-11-18;/h6-8,10-11,19-20H,4-5,9,12-17H2,1-3H3,(H,22,23);1H. The van der Waals surface area contributed by atoms with Gasteiger partial charge >= 0.3 is 0 Å². The Labute approximate surface area is 188 Å². The predicted molar refractivity (Wildman–Crippen MR) is 129 cm³/mol. The van der Waals surface area contributed by atoms with Crippen molar-refractivity contribution in [1.29, 1.82) is 0 Å². The molecule has 2 rings (SSSR count). The zero-order valence-electron chi connectivity index (χ0n) is 17.4. The maximum atomic E-state index is 12.3. The van der Waals surface area contributed by atoms with Crippen molar-refractivity contribution in [3.05, 3.63) is 35.9 Å². The molecular weight excluding hydrogens is 485 g/mol. The number of guanidine groups is 1. The van der Waals surface area contributed by atoms with E-state index < -0.39 is 9.84 Å². The topological polar surface area (TPSA) is 61.8 Å². The molecule has 0 aliphatic carbocycles. The van der Waals surface area contributed by atoms with Crippen molar-refractivity contribution in [2.24, 2.45) is 16.8 Å². The first-order valence-corrected chi connectivity index (χ1v) is 12.0. The summed E-state index contributed by atoms with van der Waals surface area (Å²) in [4.78, 5) is 6.72. The molecule has 5 nitrogen and oxygen atoms in total. The average Bonchev–Trinajstić information content (AvgIpc) is 3.13. The number of aliphatic imine (C=N–C) groups is 1. The molecule has 1 fully saturated rings. The molecule has 0 saturated carbocycles. The number of halogens is 1. The first-order valence-electron chi connectivity index (χ1n) is 10.2. The van der Waals surface area contributed by atoms with E-state index in [0.717, 1.165) is 36.4 Å². The van der Waals surface area contributed by atoms with Gasteiger partial charge in [0.25, 0.3) is 0 Å². The Morgan fingerprint density at radius 3 is 2.54 bits per heavy atom. The van der Waals surface area contributed by atoms with Crippen molar-refractivity contribution in [3.8, 4) is 0 Å². The number of hydrogen-bond donors (Lipinski definition) is 1. The summed E-state index contributed by atoms with van der Waals surface area (Å²) in [5.41, 5.74) is 0.853. The van der Waals surface area contributed by atoms with Crippen LogP contribution in [0.2, 0.25) is 0 Å². The largest absolute Gasteiger partial charge is 0.356 e. The van der Waals surface area contributed by atoms with Crippen molar-refractivity contribution in [3.63, 3.8) is 0 Å². The number of likely N-dealkylation sites (tertiary alicyclic amines) is 1. The van der Waals surface area contributed by atoms with Gasteiger partial charge in [0.05, 0.1) is 11.5 Å². The zero-order chi connectivity index (χ0) is 19.7. The van der Waals surface area contributed by atoms with Gasteiger partial charge in [0, 0.05) is 26.7 Å². The summed E-state index contributed by atoms with van der Waals surface area (Å²) >= 11 is 0. The lowest BCUT2D eigenvalue weighted by Crippen LogP contribution is -2.41. The van der Waals surface area contributed by atoms with Gasteiger partial charge in [0.15, 0.2) is 15.8 Å². The van der Waals surface area contributed by atoms with Gasteiger partial charge in [0.2, 0.25) is 0 Å². The minimum absolute atomic E-state index is 0. The molecule has 160 valence electrons. The van der Waals surface area contributed by atoms with E-state index in [4.69, 9.17) is 0 Å². The van der Waals surface area contributed by atoms with Crippen LogP contribution in [0, 0.1) is 11.8 Å². The summed E-state index contributed by atoms with van der Waals surface area (Å²) in [7, 11) is -1.27. The minimum atomic E-state index is -3.08. The summed E-state index contributed by atoms with van der Waals surface area (Å²) in [6.45, 7) is 7.28. The van der Waals surface area contributed by atoms with Crippen LogP contribution in [0.1, 0.15) is 45.1 Å². The van der Waals surface area contributed by atoms with Crippen LogP contribution in [-0.4, -0.2) is 51.7 Å². The second kappa shape index (κ2) is 12.7. The Bertz CT molecular complexity index is 691. The van der Waals surface area contributed by atoms with Crippen LogP contribution in [0.15, 0.2) is 35.3 Å². The van der Waals surface area contributed by atoms with Crippen molar-refractivity contribution >= 4 is 39.8 Å². The number of hydrogen-bond acceptors (Lipinski definition) is 3. The smallest absolute Gasteiger partial charge is 0.193 e. The van der Waals surface area contributed by atoms with E-state index in [9.17, 15) is 8.42 Å². The highest BCUT2D eigenvalue weighted by Gasteiger charge is 2.29. The molecule has 0 spiro atoms. The normalized spacial score (nSPS) is 17.6. The van der Waals surface area contributed by atoms with Crippen LogP contribution < -0.4 is 5.32 Å². The highest BCUT2D eigenvalue weighted by Crippen LogP contribution is 2.28. The highest BCUT2D eigenvalue weighted by atomic mass is 127. The van der Waals surface area contributed by atoms with Crippen molar-refractivity contribution in [2.75, 3.05) is 32.4 Å². The van der Waals surface area contributed by atoms with Crippen LogP contribution in [0.3, 0.4) is 0 Å². The average molecular weight is 522 g/mol. The Hall–Kier alpha value is -0.830. The summed E-state index contributed by atoms with van der Waals surface area (Å²) in [6.07, 6.45) is 4.29. The first kappa shape index (κ1) is 25.2. The fourth-order valence-electron chi connectivity index (χ4n) is 4.04. The molecule has 0 radical (unpaired) electrons. The van der Waals surface area contributed by atoms with Crippen LogP contribution in [0.4, 0.5) is 0 Å². The molecule has 1 unspecified atom stereocenters. The predicted octanol–water partition coefficient (Wildman–Crippen LogP) is 3.94. The summed E-state index contributed by atoms with van der Waals surface area (Å²) in [5, 5.41) is 3.35. The molecule has 0 bridgehead atoms. The molecule has 1 saturated heterocycles. The fraction of sp³-hybridized carbons (Fsp3) is 0.667. The lowest BCUT2D eigenvalue weighted by molar-refractivity contribution is 0.319. The lowest BCUT2D eigenvalue weighted by Gasteiger charge is -2.24. The molecule has 1 aliphatic heterocycles. The van der Waals surface area contributed by atoms with Gasteiger partial charge in [-0.2, -0.15) is 0 Å². The zero-order valence-corrected chi connectivity index (χ0v) is 20.6. The molecular formula is C21H36IN3O2S. The number of sulfone groups is 1. The molecule has 1 atom stereocenters. The molecule has 1 aromatic rings. The minimum Gasteiger partial charge on any atom is -0.356 e. The van der Waals surface area contributed by atoms with Crippen molar-refractivity contribution in [2.45, 2.75) is 45.3 Å². The van der Waals surface area contributed by atoms with Gasteiger partial charge in [-0.25, -0.2) is 8.42 Å². The fourth-order valence-corrected chi connectivity index (χ4v) is 5.47. The Morgan fingerprint density at radius 2 is 1.93 bits per heavy atom. The van der Waals surface area contributed by atoms with Crippen LogP contribution in [0.25, 0.3) is 0 Å². The molecule has 1 aromatic carbocycles. The molecule has 7 heteroatoms. The maximum absolute atomic E-state index is 12.3. The molecule has 0 amide bonds. The van der Waals surface area contributed by atoms with E-state index in [1.165, 1.54) is 19.3 Å². The summed E-state index contributed by atoms with van der Waals surface area (Å²) in [5.74, 6) is 2.75. The van der Waals surface area contributed by atoms with Gasteiger partial charge in [0.1, 0.15) is 0 Å². The van der Waals surface area contributed by atoms with Gasteiger partial charge in [-0.1, -0.05) is 57.0 Å². The Balaban J connectivity index is 0.00000392. The number of rotatable bonds is 9. The molecule has 0 aromatic heterocycles. The van der Waals surface area contributed by atoms with Gasteiger partial charge in [-0.3, -0.25) is 4.99 Å². The third-order valence-corrected chi connectivity index (χ3v) is 7.28. The Morgan fingerprint density at radius 1 is 1.25 bits per heavy atom. The molecule has 28 heavy (non-hydrogen) atoms. The second-order valence-corrected chi connectivity index (χ2v) is 9.66. The maximum Gasteiger partial charge on any atom is 0.193 e. The monoisotopic (exact) mass is 521 g/mol. The van der Waals surface area contributed by atoms with Crippen LogP contribution in [-0.2, 0) is 15.6 Å². The number of benzene rings is 1. The van der Waals surface area contributed by atoms with Crippen LogP contribution >= 0.6 is 24.0 Å². The molecule has 1 heterocycles. The van der Waals surface area contributed by atoms with Gasteiger partial charge < -0.3 is 10.2 Å². The van der Waals surface area contributed by atoms with Crippen molar-refractivity contribution in [1.82, 2.24) is 10.2 Å². The third-order valence-electron chi connectivity index (χ3n) is 5.60. The van der Waals surface area contributed by atoms with E-state index >= 15 is 0 Å². The molecule has 1 aliphatic rings. The van der Waals surface area contributed by atoms with E-state index in [0.29, 0.717) is 13.0 Å². The van der Waals surface area contributed by atoms with Gasteiger partial charge in [-0.15, -0.1) is 24.0 Å². The third kappa shape index (κ3) is 7.89. The van der Waals surface area contributed by atoms with E-state index in [1.807, 2.05) is 30.3 Å². The lowest BCUT2D eigenvalue weighted by atomic mass is 9.87. The quantitative estimate of drug-likeness (QED) is 0.232. The summed E-state index contributed by atoms with van der Waals surface area (Å²) in [6, 6.07) is 9.38. The molecule has 1 N–H and O–H groups in total. The first-order chi connectivity index (χ1) is 13.0. The number of nitrogens with one attached hydrogen (secondary N) is 1.